The first-order valence-electron chi connectivity index (χ1n) is 12.4. The summed E-state index contributed by atoms with van der Waals surface area (Å²) in [6.45, 7) is 3.84. The Hall–Kier alpha value is -4.36. The topological polar surface area (TPSA) is 77.2 Å². The molecule has 7 heteroatoms. The molecule has 0 saturated carbocycles. The summed E-state index contributed by atoms with van der Waals surface area (Å²) in [6.07, 6.45) is 1.50. The first kappa shape index (κ1) is 23.1. The second-order valence-corrected chi connectivity index (χ2v) is 9.55. The van der Waals surface area contributed by atoms with Crippen molar-refractivity contribution < 1.29 is 19.1 Å². The first-order chi connectivity index (χ1) is 18.0. The lowest BCUT2D eigenvalue weighted by Gasteiger charge is -2.34. The standard InChI is InChI=1S/C30H27N3O4/c1-31-14-16-32(17-15-31)23-10-12-24(13-11-23)33-27(25-7-4-18-37-25)26(29(35)30(33)36)28(34)22-9-8-20-5-2-3-6-21(20)19-22/h2-13,18-19,27,34H,14-17H2,1H3/b28-26-. The molecule has 0 radical (unpaired) electrons. The van der Waals surface area contributed by atoms with Gasteiger partial charge in [0, 0.05) is 43.1 Å². The van der Waals surface area contributed by atoms with Crippen molar-refractivity contribution in [2.75, 3.05) is 43.0 Å². The van der Waals surface area contributed by atoms with Crippen LogP contribution in [0.1, 0.15) is 17.4 Å². The van der Waals surface area contributed by atoms with Gasteiger partial charge in [-0.15, -0.1) is 0 Å². The second kappa shape index (κ2) is 9.26. The number of rotatable bonds is 4. The fourth-order valence-electron chi connectivity index (χ4n) is 5.20. The van der Waals surface area contributed by atoms with E-state index in [0.29, 0.717) is 17.0 Å². The number of benzene rings is 3. The highest BCUT2D eigenvalue weighted by Gasteiger charge is 2.48. The van der Waals surface area contributed by atoms with Crippen LogP contribution in [0.3, 0.4) is 0 Å². The summed E-state index contributed by atoms with van der Waals surface area (Å²) in [4.78, 5) is 32.7. The molecular weight excluding hydrogens is 466 g/mol. The average molecular weight is 494 g/mol. The smallest absolute Gasteiger partial charge is 0.300 e. The Morgan fingerprint density at radius 3 is 2.24 bits per heavy atom. The Kier molecular flexibility index (Phi) is 5.77. The van der Waals surface area contributed by atoms with Crippen molar-refractivity contribution in [2.45, 2.75) is 6.04 Å². The van der Waals surface area contributed by atoms with Crippen molar-refractivity contribution in [1.29, 1.82) is 0 Å². The van der Waals surface area contributed by atoms with E-state index in [2.05, 4.69) is 16.8 Å². The number of Topliss-reactive ketones (excluding diaryl/α,β-unsaturated/α-hetero) is 1. The van der Waals surface area contributed by atoms with Gasteiger partial charge in [-0.05, 0) is 60.3 Å². The Morgan fingerprint density at radius 1 is 0.838 bits per heavy atom. The fraction of sp³-hybridized carbons (Fsp3) is 0.200. The second-order valence-electron chi connectivity index (χ2n) is 9.55. The minimum atomic E-state index is -0.879. The molecule has 0 spiro atoms. The highest BCUT2D eigenvalue weighted by atomic mass is 16.3. The van der Waals surface area contributed by atoms with E-state index in [0.717, 1.165) is 42.6 Å². The minimum absolute atomic E-state index is 0.0124. The van der Waals surface area contributed by atoms with Crippen LogP contribution in [-0.4, -0.2) is 54.9 Å². The van der Waals surface area contributed by atoms with Gasteiger partial charge >= 0.3 is 0 Å². The minimum Gasteiger partial charge on any atom is -0.507 e. The molecule has 1 N–H and O–H groups in total. The molecule has 4 aromatic rings. The van der Waals surface area contributed by atoms with E-state index < -0.39 is 17.7 Å². The van der Waals surface area contributed by atoms with E-state index in [-0.39, 0.29) is 11.3 Å². The normalized spacial score (nSPS) is 20.2. The van der Waals surface area contributed by atoms with Gasteiger partial charge in [-0.2, -0.15) is 0 Å². The number of ketones is 1. The molecule has 0 bridgehead atoms. The number of nitrogens with zero attached hydrogens (tertiary/aromatic N) is 3. The number of fused-ring (bicyclic) bond motifs is 1. The molecule has 1 aromatic heterocycles. The van der Waals surface area contributed by atoms with Crippen molar-refractivity contribution in [3.8, 4) is 0 Å². The number of aliphatic hydroxyl groups is 1. The number of amides is 1. The van der Waals surface area contributed by atoms with Gasteiger partial charge in [0.15, 0.2) is 0 Å². The number of hydrogen-bond acceptors (Lipinski definition) is 6. The van der Waals surface area contributed by atoms with E-state index in [1.165, 1.54) is 11.2 Å². The van der Waals surface area contributed by atoms with E-state index in [4.69, 9.17) is 4.42 Å². The lowest BCUT2D eigenvalue weighted by atomic mass is 9.97. The number of anilines is 2. The van der Waals surface area contributed by atoms with Gasteiger partial charge in [-0.3, -0.25) is 14.5 Å². The molecule has 0 aliphatic carbocycles. The molecule has 2 saturated heterocycles. The number of hydrogen-bond donors (Lipinski definition) is 1. The SMILES string of the molecule is CN1CCN(c2ccc(N3C(=O)C(=O)/C(=C(\O)c4ccc5ccccc5c4)C3c3ccco3)cc2)CC1. The van der Waals surface area contributed by atoms with E-state index in [1.54, 1.807) is 18.2 Å². The zero-order valence-electron chi connectivity index (χ0n) is 20.5. The van der Waals surface area contributed by atoms with Crippen molar-refractivity contribution in [1.82, 2.24) is 4.90 Å². The highest BCUT2D eigenvalue weighted by molar-refractivity contribution is 6.51. The Bertz CT molecular complexity index is 1500. The van der Waals surface area contributed by atoms with Crippen molar-refractivity contribution >= 4 is 39.6 Å². The molecule has 186 valence electrons. The number of carbonyl (C=O) groups is 2. The van der Waals surface area contributed by atoms with Crippen LogP contribution in [0.25, 0.3) is 16.5 Å². The van der Waals surface area contributed by atoms with Crippen LogP contribution in [0.5, 0.6) is 0 Å². The van der Waals surface area contributed by atoms with Crippen LogP contribution in [0.2, 0.25) is 0 Å². The largest absolute Gasteiger partial charge is 0.507 e. The molecule has 7 nitrogen and oxygen atoms in total. The number of furan rings is 1. The summed E-state index contributed by atoms with van der Waals surface area (Å²) >= 11 is 0. The van der Waals surface area contributed by atoms with Gasteiger partial charge in [-0.25, -0.2) is 0 Å². The van der Waals surface area contributed by atoms with Crippen LogP contribution >= 0.6 is 0 Å². The third kappa shape index (κ3) is 4.07. The Balaban J connectivity index is 1.41. The number of carbonyl (C=O) groups excluding carboxylic acids is 2. The number of piperazine rings is 1. The number of likely N-dealkylation sites (N-methyl/N-ethyl adjacent to an activating group) is 1. The summed E-state index contributed by atoms with van der Waals surface area (Å²) in [5, 5.41) is 13.3. The van der Waals surface area contributed by atoms with Crippen LogP contribution < -0.4 is 9.80 Å². The van der Waals surface area contributed by atoms with E-state index in [1.807, 2.05) is 60.7 Å². The zero-order valence-corrected chi connectivity index (χ0v) is 20.5. The van der Waals surface area contributed by atoms with Crippen molar-refractivity contribution in [2.24, 2.45) is 0 Å². The summed E-state index contributed by atoms with van der Waals surface area (Å²) in [6, 6.07) is 23.5. The molecule has 1 unspecified atom stereocenters. The number of aliphatic hydroxyl groups excluding tert-OH is 1. The monoisotopic (exact) mass is 493 g/mol. The molecule has 2 aliphatic rings. The fourth-order valence-corrected chi connectivity index (χ4v) is 5.20. The predicted octanol–water partition coefficient (Wildman–Crippen LogP) is 4.81. The van der Waals surface area contributed by atoms with E-state index in [9.17, 15) is 14.7 Å². The van der Waals surface area contributed by atoms with Crippen molar-refractivity contribution in [3.63, 3.8) is 0 Å². The Morgan fingerprint density at radius 2 is 1.54 bits per heavy atom. The molecule has 37 heavy (non-hydrogen) atoms. The van der Waals surface area contributed by atoms with Crippen LogP contribution in [0.4, 0.5) is 11.4 Å². The summed E-state index contributed by atoms with van der Waals surface area (Å²) in [7, 11) is 2.11. The lowest BCUT2D eigenvalue weighted by molar-refractivity contribution is -0.132. The summed E-state index contributed by atoms with van der Waals surface area (Å²) in [5.74, 6) is -1.25. The first-order valence-corrected chi connectivity index (χ1v) is 12.4. The Labute approximate surface area is 214 Å². The maximum absolute atomic E-state index is 13.4. The molecule has 1 amide bonds. The maximum atomic E-state index is 13.4. The van der Waals surface area contributed by atoms with Crippen molar-refractivity contribution in [3.05, 3.63) is 102 Å². The van der Waals surface area contributed by atoms with E-state index >= 15 is 0 Å². The molecule has 3 heterocycles. The van der Waals surface area contributed by atoms with Gasteiger partial charge in [-0.1, -0.05) is 36.4 Å². The van der Waals surface area contributed by atoms with Crippen LogP contribution in [0.15, 0.2) is 95.1 Å². The third-order valence-electron chi connectivity index (χ3n) is 7.28. The molecule has 2 fully saturated rings. The summed E-state index contributed by atoms with van der Waals surface area (Å²) in [5.41, 5.74) is 2.12. The van der Waals surface area contributed by atoms with Crippen LogP contribution in [-0.2, 0) is 9.59 Å². The third-order valence-corrected chi connectivity index (χ3v) is 7.28. The zero-order chi connectivity index (χ0) is 25.5. The van der Waals surface area contributed by atoms with Gasteiger partial charge < -0.3 is 19.3 Å². The van der Waals surface area contributed by atoms with Gasteiger partial charge in [0.2, 0.25) is 0 Å². The average Bonchev–Trinajstić information content (AvgIpc) is 3.55. The molecular formula is C30H27N3O4. The highest BCUT2D eigenvalue weighted by Crippen LogP contribution is 2.42. The van der Waals surface area contributed by atoms with Gasteiger partial charge in [0.05, 0.1) is 11.8 Å². The predicted molar refractivity (Wildman–Crippen MR) is 144 cm³/mol. The van der Waals surface area contributed by atoms with Gasteiger partial charge in [0.1, 0.15) is 17.6 Å². The summed E-state index contributed by atoms with van der Waals surface area (Å²) < 4.78 is 5.68. The quantitative estimate of drug-likeness (QED) is 0.250. The molecule has 1 atom stereocenters. The van der Waals surface area contributed by atoms with Crippen LogP contribution in [0, 0.1) is 0 Å². The molecule has 6 rings (SSSR count). The maximum Gasteiger partial charge on any atom is 0.300 e. The molecule has 2 aliphatic heterocycles. The van der Waals surface area contributed by atoms with Gasteiger partial charge in [0.25, 0.3) is 11.7 Å². The molecule has 3 aromatic carbocycles. The lowest BCUT2D eigenvalue weighted by Crippen LogP contribution is -2.44.